The fourth-order valence-electron chi connectivity index (χ4n) is 1.83. The Morgan fingerprint density at radius 2 is 1.90 bits per heavy atom. The van der Waals surface area contributed by atoms with Gasteiger partial charge in [-0.15, -0.1) is 0 Å². The summed E-state index contributed by atoms with van der Waals surface area (Å²) in [6.07, 6.45) is 3.58. The molecular weight excluding hydrogens is 366 g/mol. The number of unbranched alkanes of at least 4 members (excludes halogenated alkanes) is 1. The van der Waals surface area contributed by atoms with Gasteiger partial charge in [0.1, 0.15) is 11.6 Å². The lowest BCUT2D eigenvalue weighted by atomic mass is 10.3. The Morgan fingerprint density at radius 3 is 2.57 bits per heavy atom. The van der Waals surface area contributed by atoms with E-state index in [4.69, 9.17) is 0 Å². The summed E-state index contributed by atoms with van der Waals surface area (Å²) in [5, 5.41) is 3.29. The minimum atomic E-state index is -3.67. The molecule has 0 radical (unpaired) electrons. The summed E-state index contributed by atoms with van der Waals surface area (Å²) in [6.45, 7) is 0.779. The topological polar surface area (TPSA) is 58.2 Å². The lowest BCUT2D eigenvalue weighted by molar-refractivity contribution is 0.586. The number of rotatable bonds is 8. The van der Waals surface area contributed by atoms with Crippen LogP contribution in [-0.4, -0.2) is 26.8 Å². The first-order valence-corrected chi connectivity index (χ1v) is 9.20. The zero-order valence-electron chi connectivity index (χ0n) is 11.3. The molecule has 1 fully saturated rings. The van der Waals surface area contributed by atoms with Gasteiger partial charge >= 0.3 is 0 Å². The van der Waals surface area contributed by atoms with Crippen molar-refractivity contribution in [2.75, 3.05) is 17.0 Å². The van der Waals surface area contributed by atoms with Crippen LogP contribution in [-0.2, 0) is 10.0 Å². The minimum Gasteiger partial charge on any atom is -0.314 e. The Kier molecular flexibility index (Phi) is 5.56. The lowest BCUT2D eigenvalue weighted by Gasteiger charge is -2.10. The van der Waals surface area contributed by atoms with E-state index in [2.05, 4.69) is 26.0 Å². The molecule has 4 nitrogen and oxygen atoms in total. The van der Waals surface area contributed by atoms with Crippen LogP contribution in [0.2, 0.25) is 0 Å². The maximum atomic E-state index is 13.6. The van der Waals surface area contributed by atoms with Crippen molar-refractivity contribution >= 4 is 31.6 Å². The summed E-state index contributed by atoms with van der Waals surface area (Å²) in [4.78, 5) is 0. The van der Waals surface area contributed by atoms with E-state index in [1.54, 1.807) is 0 Å². The molecule has 1 aliphatic carbocycles. The SMILES string of the molecule is O=S(=O)(CCCCNC1CC1)Nc1cc(F)c(Br)cc1F. The minimum absolute atomic E-state index is 0.0471. The van der Waals surface area contributed by atoms with Crippen molar-refractivity contribution in [3.8, 4) is 0 Å². The van der Waals surface area contributed by atoms with Gasteiger partial charge in [0.15, 0.2) is 0 Å². The Hall–Kier alpha value is -0.730. The molecule has 1 aliphatic rings. The highest BCUT2D eigenvalue weighted by Crippen LogP contribution is 2.24. The van der Waals surface area contributed by atoms with Gasteiger partial charge in [-0.1, -0.05) is 0 Å². The molecule has 1 aromatic rings. The quantitative estimate of drug-likeness (QED) is 0.536. The number of hydrogen-bond acceptors (Lipinski definition) is 3. The summed E-state index contributed by atoms with van der Waals surface area (Å²) < 4.78 is 52.6. The summed E-state index contributed by atoms with van der Waals surface area (Å²) in [6, 6.07) is 2.32. The zero-order chi connectivity index (χ0) is 15.5. The standard InChI is InChI=1S/C13H17BrF2N2O2S/c14-10-7-12(16)13(8-11(10)15)18-21(19,20)6-2-1-5-17-9-3-4-9/h7-9,17-18H,1-6H2. The third-order valence-electron chi connectivity index (χ3n) is 3.13. The van der Waals surface area contributed by atoms with Crippen LogP contribution in [0.3, 0.4) is 0 Å². The smallest absolute Gasteiger partial charge is 0.232 e. The van der Waals surface area contributed by atoms with E-state index < -0.39 is 21.7 Å². The van der Waals surface area contributed by atoms with Crippen molar-refractivity contribution in [1.29, 1.82) is 0 Å². The van der Waals surface area contributed by atoms with E-state index in [0.717, 1.165) is 25.1 Å². The maximum absolute atomic E-state index is 13.6. The molecule has 1 saturated carbocycles. The second kappa shape index (κ2) is 7.02. The van der Waals surface area contributed by atoms with Crippen LogP contribution in [0.1, 0.15) is 25.7 Å². The number of anilines is 1. The first-order valence-electron chi connectivity index (χ1n) is 6.76. The molecule has 0 saturated heterocycles. The zero-order valence-corrected chi connectivity index (χ0v) is 13.7. The molecule has 0 unspecified atom stereocenters. The van der Waals surface area contributed by atoms with Crippen LogP contribution in [0, 0.1) is 11.6 Å². The maximum Gasteiger partial charge on any atom is 0.232 e. The molecule has 0 aromatic heterocycles. The van der Waals surface area contributed by atoms with Crippen LogP contribution >= 0.6 is 15.9 Å². The van der Waals surface area contributed by atoms with Crippen LogP contribution in [0.25, 0.3) is 0 Å². The summed E-state index contributed by atoms with van der Waals surface area (Å²) >= 11 is 2.84. The largest absolute Gasteiger partial charge is 0.314 e. The third kappa shape index (κ3) is 5.52. The first kappa shape index (κ1) is 16.6. The number of hydrogen-bond donors (Lipinski definition) is 2. The fraction of sp³-hybridized carbons (Fsp3) is 0.538. The fourth-order valence-corrected chi connectivity index (χ4v) is 3.32. The number of halogens is 3. The van der Waals surface area contributed by atoms with E-state index in [-0.39, 0.29) is 15.9 Å². The average Bonchev–Trinajstić information content (AvgIpc) is 3.19. The van der Waals surface area contributed by atoms with Gasteiger partial charge in [-0.2, -0.15) is 0 Å². The molecule has 2 rings (SSSR count). The Bertz CT molecular complexity index is 606. The summed E-state index contributed by atoms with van der Waals surface area (Å²) in [5.74, 6) is -1.65. The predicted molar refractivity (Wildman–Crippen MR) is 81.7 cm³/mol. The van der Waals surface area contributed by atoms with Gasteiger partial charge in [-0.3, -0.25) is 4.72 Å². The predicted octanol–water partition coefficient (Wildman–Crippen LogP) is 3.00. The van der Waals surface area contributed by atoms with Crippen molar-refractivity contribution < 1.29 is 17.2 Å². The van der Waals surface area contributed by atoms with Crippen LogP contribution in [0.4, 0.5) is 14.5 Å². The molecule has 0 spiro atoms. The molecule has 0 aliphatic heterocycles. The van der Waals surface area contributed by atoms with Crippen LogP contribution in [0.15, 0.2) is 16.6 Å². The van der Waals surface area contributed by atoms with Gasteiger partial charge in [0.2, 0.25) is 10.0 Å². The highest BCUT2D eigenvalue weighted by Gasteiger charge is 2.20. The number of sulfonamides is 1. The van der Waals surface area contributed by atoms with Crippen molar-refractivity contribution in [2.24, 2.45) is 0 Å². The molecule has 0 amide bonds. The van der Waals surface area contributed by atoms with Crippen LogP contribution in [0.5, 0.6) is 0 Å². The summed E-state index contributed by atoms with van der Waals surface area (Å²) in [7, 11) is -3.67. The van der Waals surface area contributed by atoms with Crippen molar-refractivity contribution in [3.63, 3.8) is 0 Å². The second-order valence-electron chi connectivity index (χ2n) is 5.10. The van der Waals surface area contributed by atoms with E-state index in [0.29, 0.717) is 12.5 Å². The van der Waals surface area contributed by atoms with Gasteiger partial charge in [0, 0.05) is 12.1 Å². The third-order valence-corrected chi connectivity index (χ3v) is 5.09. The molecule has 2 N–H and O–H groups in total. The molecule has 21 heavy (non-hydrogen) atoms. The Labute approximate surface area is 131 Å². The highest BCUT2D eigenvalue weighted by molar-refractivity contribution is 9.10. The highest BCUT2D eigenvalue weighted by atomic mass is 79.9. The molecular formula is C13H17BrF2N2O2S. The van der Waals surface area contributed by atoms with E-state index in [1.165, 1.54) is 12.8 Å². The Balaban J connectivity index is 1.83. The van der Waals surface area contributed by atoms with E-state index in [9.17, 15) is 17.2 Å². The number of benzene rings is 1. The average molecular weight is 383 g/mol. The van der Waals surface area contributed by atoms with Crippen molar-refractivity contribution in [2.45, 2.75) is 31.7 Å². The van der Waals surface area contributed by atoms with Gasteiger partial charge in [0.25, 0.3) is 0 Å². The molecule has 8 heteroatoms. The van der Waals surface area contributed by atoms with Gasteiger partial charge in [-0.25, -0.2) is 17.2 Å². The second-order valence-corrected chi connectivity index (χ2v) is 7.80. The molecule has 1 aromatic carbocycles. The monoisotopic (exact) mass is 382 g/mol. The van der Waals surface area contributed by atoms with Crippen molar-refractivity contribution in [1.82, 2.24) is 5.32 Å². The van der Waals surface area contributed by atoms with E-state index >= 15 is 0 Å². The molecule has 118 valence electrons. The Morgan fingerprint density at radius 1 is 1.19 bits per heavy atom. The molecule has 0 atom stereocenters. The number of nitrogens with one attached hydrogen (secondary N) is 2. The normalized spacial score (nSPS) is 15.2. The molecule has 0 heterocycles. The van der Waals surface area contributed by atoms with Crippen molar-refractivity contribution in [3.05, 3.63) is 28.2 Å². The van der Waals surface area contributed by atoms with Gasteiger partial charge in [0.05, 0.1) is 15.9 Å². The first-order chi connectivity index (χ1) is 9.87. The van der Waals surface area contributed by atoms with Gasteiger partial charge in [-0.05, 0) is 54.2 Å². The molecule has 0 bridgehead atoms. The van der Waals surface area contributed by atoms with Crippen LogP contribution < -0.4 is 10.0 Å². The summed E-state index contributed by atoms with van der Waals surface area (Å²) in [5.41, 5.74) is -0.369. The lowest BCUT2D eigenvalue weighted by Crippen LogP contribution is -2.21. The van der Waals surface area contributed by atoms with Gasteiger partial charge < -0.3 is 5.32 Å². The van der Waals surface area contributed by atoms with E-state index in [1.807, 2.05) is 0 Å².